The molecule has 2 aliphatic rings. The summed E-state index contributed by atoms with van der Waals surface area (Å²) in [6.07, 6.45) is 0. The first-order chi connectivity index (χ1) is 47.7. The molecule has 1 aromatic heterocycles. The lowest BCUT2D eigenvalue weighted by Gasteiger charge is -2.46. The number of nitrogens with zero attached hydrogens (tertiary/aromatic N) is 3. The SMILES string of the molecule is c1ccc(-c2ccc3c(c2)B2c4cc(-c5ccc6cccc7c8cccc9cccc(c5c67)c98)ccc4N(c4c(-c5ccccc5)cccc4-c4ccccc4)c4cc(-n5c6ccccc6c6ccccc65)cc(c42)N3c2c(-c3ccccc3)cccc2-c2ccccc2)cc1. The summed E-state index contributed by atoms with van der Waals surface area (Å²) in [5, 5.41) is 12.6. The van der Waals surface area contributed by atoms with E-state index in [-0.39, 0.29) is 6.71 Å². The lowest BCUT2D eigenvalue weighted by molar-refractivity contribution is 1.16. The van der Waals surface area contributed by atoms with E-state index in [0.29, 0.717) is 0 Å². The summed E-state index contributed by atoms with van der Waals surface area (Å²) in [7, 11) is 0. The molecule has 0 unspecified atom stereocenters. The average molecular weight is 1220 g/mol. The molecular weight excluding hydrogens is 1160 g/mol. The van der Waals surface area contributed by atoms with E-state index in [1.807, 2.05) is 0 Å². The molecule has 0 N–H and O–H groups in total. The predicted molar refractivity (Wildman–Crippen MR) is 409 cm³/mol. The van der Waals surface area contributed by atoms with E-state index in [0.717, 1.165) is 95.4 Å². The van der Waals surface area contributed by atoms with Crippen molar-refractivity contribution < 1.29 is 0 Å². The third-order valence-corrected chi connectivity index (χ3v) is 20.7. The van der Waals surface area contributed by atoms with Crippen molar-refractivity contribution in [2.75, 3.05) is 9.80 Å². The lowest BCUT2D eigenvalue weighted by Crippen LogP contribution is -2.61. The molecule has 0 bridgehead atoms. The Kier molecular flexibility index (Phi) is 12.1. The van der Waals surface area contributed by atoms with Gasteiger partial charge < -0.3 is 14.4 Å². The average Bonchev–Trinajstić information content (AvgIpc) is 0.721. The standard InChI is InChI=1S/C92H58BN3/c1-6-25-59(26-7-1)66-50-53-83-79(55-66)93-80-56-67(69-52-49-65-37-21-45-77-76-44-20-35-64-36-22-46-78(87(64)76)89(69)88(65)77)51-54-84(80)96(92-72(62-31-12-4-13-32-62)42-24-43-73(92)63-33-14-5-15-34-63)86-58-68(94-81-47-18-16-38-74(81)75-39-17-19-48-82(75)94)57-85(90(86)93)95(83)91-70(60-27-8-2-9-28-60)40-23-41-71(91)61-29-10-3-11-30-61/h1-58H. The van der Waals surface area contributed by atoms with Crippen LogP contribution >= 0.6 is 0 Å². The molecule has 0 amide bonds. The summed E-state index contributed by atoms with van der Waals surface area (Å²) in [6, 6.07) is 132. The fourth-order valence-corrected chi connectivity index (χ4v) is 16.6. The molecule has 0 aliphatic carbocycles. The predicted octanol–water partition coefficient (Wildman–Crippen LogP) is 22.9. The van der Waals surface area contributed by atoms with E-state index < -0.39 is 0 Å². The molecule has 0 saturated carbocycles. The monoisotopic (exact) mass is 1220 g/mol. The first-order valence-corrected chi connectivity index (χ1v) is 33.3. The molecule has 0 fully saturated rings. The molecule has 0 atom stereocenters. The molecule has 96 heavy (non-hydrogen) atoms. The largest absolute Gasteiger partial charge is 0.310 e. The first kappa shape index (κ1) is 54.1. The van der Waals surface area contributed by atoms with Gasteiger partial charge in [-0.15, -0.1) is 0 Å². The van der Waals surface area contributed by atoms with Crippen molar-refractivity contribution in [1.29, 1.82) is 0 Å². The third kappa shape index (κ3) is 8.16. The molecule has 18 aromatic rings. The molecule has 3 heterocycles. The van der Waals surface area contributed by atoms with Gasteiger partial charge in [0.1, 0.15) is 0 Å². The minimum Gasteiger partial charge on any atom is -0.310 e. The van der Waals surface area contributed by atoms with Crippen LogP contribution in [0.5, 0.6) is 0 Å². The molecular formula is C92H58BN3. The zero-order valence-electron chi connectivity index (χ0n) is 52.4. The smallest absolute Gasteiger partial charge is 0.252 e. The zero-order chi connectivity index (χ0) is 63.0. The molecule has 20 rings (SSSR count). The van der Waals surface area contributed by atoms with Gasteiger partial charge in [0.25, 0.3) is 6.71 Å². The van der Waals surface area contributed by atoms with Crippen molar-refractivity contribution in [3.63, 3.8) is 0 Å². The van der Waals surface area contributed by atoms with Gasteiger partial charge in [0, 0.05) is 55.8 Å². The van der Waals surface area contributed by atoms with Crippen LogP contribution in [0.3, 0.4) is 0 Å². The van der Waals surface area contributed by atoms with Gasteiger partial charge in [-0.2, -0.15) is 0 Å². The van der Waals surface area contributed by atoms with Gasteiger partial charge in [-0.05, 0) is 140 Å². The second-order valence-electron chi connectivity index (χ2n) is 25.8. The highest BCUT2D eigenvalue weighted by Crippen LogP contribution is 2.55. The molecule has 2 aliphatic heterocycles. The maximum Gasteiger partial charge on any atom is 0.252 e. The second kappa shape index (κ2) is 21.5. The van der Waals surface area contributed by atoms with Gasteiger partial charge in [-0.3, -0.25) is 0 Å². The van der Waals surface area contributed by atoms with Crippen LogP contribution in [0.15, 0.2) is 352 Å². The Bertz CT molecular complexity index is 5950. The van der Waals surface area contributed by atoms with Crippen LogP contribution in [0.4, 0.5) is 34.1 Å². The molecule has 0 radical (unpaired) electrons. The van der Waals surface area contributed by atoms with Gasteiger partial charge >= 0.3 is 0 Å². The molecule has 3 nitrogen and oxygen atoms in total. The van der Waals surface area contributed by atoms with E-state index in [4.69, 9.17) is 0 Å². The number of anilines is 6. The van der Waals surface area contributed by atoms with E-state index in [9.17, 15) is 0 Å². The Morgan fingerprint density at radius 2 is 0.604 bits per heavy atom. The molecule has 4 heteroatoms. The number of para-hydroxylation sites is 4. The first-order valence-electron chi connectivity index (χ1n) is 33.3. The number of rotatable bonds is 9. The van der Waals surface area contributed by atoms with E-state index in [2.05, 4.69) is 366 Å². The molecule has 17 aromatic carbocycles. The number of hydrogen-bond donors (Lipinski definition) is 0. The second-order valence-corrected chi connectivity index (χ2v) is 25.8. The van der Waals surface area contributed by atoms with Crippen molar-refractivity contribution in [3.05, 3.63) is 352 Å². The molecule has 444 valence electrons. The third-order valence-electron chi connectivity index (χ3n) is 20.7. The minimum absolute atomic E-state index is 0.270. The van der Waals surface area contributed by atoms with Crippen LogP contribution in [-0.2, 0) is 0 Å². The summed E-state index contributed by atoms with van der Waals surface area (Å²) in [5.41, 5.74) is 27.6. The van der Waals surface area contributed by atoms with Crippen LogP contribution in [0.2, 0.25) is 0 Å². The Hall–Kier alpha value is -12.5. The summed E-state index contributed by atoms with van der Waals surface area (Å²) in [6.45, 7) is -0.270. The number of fused-ring (bicyclic) bond motifs is 9. The number of aromatic nitrogens is 1. The Balaban J connectivity index is 0.982. The van der Waals surface area contributed by atoms with Crippen molar-refractivity contribution in [1.82, 2.24) is 4.57 Å². The minimum atomic E-state index is -0.270. The summed E-state index contributed by atoms with van der Waals surface area (Å²) < 4.78 is 2.53. The van der Waals surface area contributed by atoms with Crippen LogP contribution < -0.4 is 26.2 Å². The van der Waals surface area contributed by atoms with E-state index >= 15 is 0 Å². The van der Waals surface area contributed by atoms with E-state index in [1.165, 1.54) is 92.5 Å². The van der Waals surface area contributed by atoms with Crippen molar-refractivity contribution in [3.8, 4) is 72.4 Å². The van der Waals surface area contributed by atoms with Crippen molar-refractivity contribution in [2.45, 2.75) is 0 Å². The van der Waals surface area contributed by atoms with Crippen LogP contribution in [0, 0.1) is 0 Å². The fraction of sp³-hybridized carbons (Fsp3) is 0. The number of hydrogen-bond acceptors (Lipinski definition) is 2. The summed E-state index contributed by atoms with van der Waals surface area (Å²) in [5.74, 6) is 0. The van der Waals surface area contributed by atoms with Crippen LogP contribution in [0.25, 0.3) is 137 Å². The highest BCUT2D eigenvalue weighted by molar-refractivity contribution is 7.00. The Morgan fingerprint density at radius 3 is 1.09 bits per heavy atom. The highest BCUT2D eigenvalue weighted by atomic mass is 15.2. The maximum atomic E-state index is 2.68. The summed E-state index contributed by atoms with van der Waals surface area (Å²) >= 11 is 0. The molecule has 0 spiro atoms. The van der Waals surface area contributed by atoms with Gasteiger partial charge in [-0.25, -0.2) is 0 Å². The van der Waals surface area contributed by atoms with Crippen LogP contribution in [0.1, 0.15) is 0 Å². The Morgan fingerprint density at radius 1 is 0.219 bits per heavy atom. The van der Waals surface area contributed by atoms with Gasteiger partial charge in [-0.1, -0.05) is 315 Å². The Labute approximate surface area is 557 Å². The van der Waals surface area contributed by atoms with E-state index in [1.54, 1.807) is 0 Å². The summed E-state index contributed by atoms with van der Waals surface area (Å²) in [4.78, 5) is 5.35. The normalized spacial score (nSPS) is 12.5. The van der Waals surface area contributed by atoms with Gasteiger partial charge in [0.05, 0.1) is 28.1 Å². The van der Waals surface area contributed by atoms with Crippen molar-refractivity contribution in [2.24, 2.45) is 0 Å². The van der Waals surface area contributed by atoms with Crippen molar-refractivity contribution >= 4 is 122 Å². The van der Waals surface area contributed by atoms with Gasteiger partial charge in [0.15, 0.2) is 0 Å². The molecule has 0 saturated heterocycles. The van der Waals surface area contributed by atoms with Gasteiger partial charge in [0.2, 0.25) is 0 Å². The number of benzene rings is 17. The van der Waals surface area contributed by atoms with Crippen LogP contribution in [-0.4, -0.2) is 11.3 Å². The zero-order valence-corrected chi connectivity index (χ0v) is 52.4. The lowest BCUT2D eigenvalue weighted by atomic mass is 9.33. The quantitative estimate of drug-likeness (QED) is 0.0811. The maximum absolute atomic E-state index is 2.68. The highest BCUT2D eigenvalue weighted by Gasteiger charge is 2.46. The topological polar surface area (TPSA) is 11.4 Å². The fourth-order valence-electron chi connectivity index (χ4n) is 16.6.